The van der Waals surface area contributed by atoms with E-state index < -0.39 is 0 Å². The van der Waals surface area contributed by atoms with Crippen LogP contribution in [0.3, 0.4) is 0 Å². The number of piperazine rings is 1. The largest absolute Gasteiger partial charge is 0.454 e. The van der Waals surface area contributed by atoms with Crippen molar-refractivity contribution < 1.29 is 14.3 Å². The van der Waals surface area contributed by atoms with Crippen molar-refractivity contribution in [2.24, 2.45) is 0 Å². The first kappa shape index (κ1) is 17.3. The summed E-state index contributed by atoms with van der Waals surface area (Å²) < 4.78 is 10.8. The van der Waals surface area contributed by atoms with E-state index in [1.165, 1.54) is 17.4 Å². The highest BCUT2D eigenvalue weighted by Gasteiger charge is 2.19. The molecule has 1 amide bonds. The Bertz CT molecular complexity index is 786. The van der Waals surface area contributed by atoms with Crippen LogP contribution in [-0.2, 0) is 17.9 Å². The highest BCUT2D eigenvalue weighted by molar-refractivity contribution is 7.15. The summed E-state index contributed by atoms with van der Waals surface area (Å²) in [6, 6.07) is 6.18. The monoisotopic (exact) mass is 374 g/mol. The van der Waals surface area contributed by atoms with Gasteiger partial charge >= 0.3 is 0 Å². The number of ether oxygens (including phenoxy) is 2. The lowest BCUT2D eigenvalue weighted by Gasteiger charge is -2.34. The van der Waals surface area contributed by atoms with Crippen LogP contribution in [0.4, 0.5) is 5.13 Å². The Kier molecular flexibility index (Phi) is 5.05. The molecule has 0 radical (unpaired) electrons. The van der Waals surface area contributed by atoms with Crippen LogP contribution in [0, 0.1) is 0 Å². The third-order valence-electron chi connectivity index (χ3n) is 4.52. The molecule has 0 atom stereocenters. The minimum atomic E-state index is -0.0805. The summed E-state index contributed by atoms with van der Waals surface area (Å²) in [4.78, 5) is 21.4. The quantitative estimate of drug-likeness (QED) is 0.865. The second-order valence-corrected chi connectivity index (χ2v) is 7.67. The molecule has 1 saturated heterocycles. The lowest BCUT2D eigenvalue weighted by molar-refractivity contribution is -0.114. The molecule has 0 saturated carbocycles. The molecule has 0 bridgehead atoms. The lowest BCUT2D eigenvalue weighted by Crippen LogP contribution is -2.45. The Labute approximate surface area is 156 Å². The minimum absolute atomic E-state index is 0.0805. The van der Waals surface area contributed by atoms with Gasteiger partial charge in [0, 0.05) is 57.3 Å². The summed E-state index contributed by atoms with van der Waals surface area (Å²) in [5.74, 6) is 1.60. The molecular weight excluding hydrogens is 352 g/mol. The molecule has 1 aromatic carbocycles. The van der Waals surface area contributed by atoms with Crippen molar-refractivity contribution in [1.82, 2.24) is 14.8 Å². The van der Waals surface area contributed by atoms with Gasteiger partial charge in [0.05, 0.1) is 0 Å². The lowest BCUT2D eigenvalue weighted by atomic mass is 10.1. The molecule has 0 unspecified atom stereocenters. The van der Waals surface area contributed by atoms with Gasteiger partial charge < -0.3 is 14.8 Å². The van der Waals surface area contributed by atoms with E-state index in [0.717, 1.165) is 50.8 Å². The first-order chi connectivity index (χ1) is 12.7. The standard InChI is InChI=1S/C18H22N4O3S/c1-13(23)20-18-19-9-15(26-18)11-22-6-4-21(5-7-22)10-14-2-3-16-17(8-14)25-12-24-16/h2-3,8-9H,4-7,10-12H2,1H3,(H,19,20,23). The average Bonchev–Trinajstić information content (AvgIpc) is 3.25. The fourth-order valence-electron chi connectivity index (χ4n) is 3.21. The van der Waals surface area contributed by atoms with E-state index in [9.17, 15) is 4.79 Å². The molecule has 7 nitrogen and oxygen atoms in total. The van der Waals surface area contributed by atoms with Gasteiger partial charge in [-0.1, -0.05) is 6.07 Å². The van der Waals surface area contributed by atoms with Gasteiger partial charge in [-0.05, 0) is 17.7 Å². The number of nitrogens with one attached hydrogen (secondary N) is 1. The normalized spacial score (nSPS) is 17.4. The van der Waals surface area contributed by atoms with Crippen LogP contribution in [-0.4, -0.2) is 53.7 Å². The number of thiazole rings is 1. The number of rotatable bonds is 5. The second kappa shape index (κ2) is 7.61. The molecule has 26 heavy (non-hydrogen) atoms. The maximum atomic E-state index is 11.1. The van der Waals surface area contributed by atoms with Gasteiger partial charge in [-0.2, -0.15) is 0 Å². The van der Waals surface area contributed by atoms with Crippen molar-refractivity contribution in [2.45, 2.75) is 20.0 Å². The van der Waals surface area contributed by atoms with Crippen LogP contribution >= 0.6 is 11.3 Å². The van der Waals surface area contributed by atoms with Gasteiger partial charge in [-0.25, -0.2) is 4.98 Å². The number of hydrogen-bond donors (Lipinski definition) is 1. The van der Waals surface area contributed by atoms with Gasteiger partial charge in [0.1, 0.15) is 0 Å². The first-order valence-corrected chi connectivity index (χ1v) is 9.53. The topological polar surface area (TPSA) is 66.9 Å². The van der Waals surface area contributed by atoms with E-state index in [-0.39, 0.29) is 5.91 Å². The summed E-state index contributed by atoms with van der Waals surface area (Å²) in [5, 5.41) is 3.41. The molecule has 0 spiro atoms. The average molecular weight is 374 g/mol. The molecule has 3 heterocycles. The van der Waals surface area contributed by atoms with Gasteiger partial charge in [0.2, 0.25) is 12.7 Å². The van der Waals surface area contributed by atoms with Crippen molar-refractivity contribution in [3.63, 3.8) is 0 Å². The number of hydrogen-bond acceptors (Lipinski definition) is 7. The summed E-state index contributed by atoms with van der Waals surface area (Å²) in [5.41, 5.74) is 1.25. The maximum absolute atomic E-state index is 11.1. The van der Waals surface area contributed by atoms with E-state index in [1.54, 1.807) is 11.3 Å². The first-order valence-electron chi connectivity index (χ1n) is 8.71. The molecular formula is C18H22N4O3S. The SMILES string of the molecule is CC(=O)Nc1ncc(CN2CCN(Cc3ccc4c(c3)OCO4)CC2)s1. The molecule has 1 N–H and O–H groups in total. The van der Waals surface area contributed by atoms with E-state index >= 15 is 0 Å². The molecule has 1 fully saturated rings. The van der Waals surface area contributed by atoms with Crippen molar-refractivity contribution in [3.05, 3.63) is 34.8 Å². The van der Waals surface area contributed by atoms with Crippen LogP contribution in [0.5, 0.6) is 11.5 Å². The zero-order valence-electron chi connectivity index (χ0n) is 14.7. The Balaban J connectivity index is 1.26. The molecule has 0 aliphatic carbocycles. The van der Waals surface area contributed by atoms with Crippen LogP contribution in [0.1, 0.15) is 17.4 Å². The Morgan fingerprint density at radius 2 is 1.88 bits per heavy atom. The van der Waals surface area contributed by atoms with E-state index in [0.29, 0.717) is 11.9 Å². The molecule has 138 valence electrons. The van der Waals surface area contributed by atoms with Crippen molar-refractivity contribution in [3.8, 4) is 11.5 Å². The predicted octanol–water partition coefficient (Wildman–Crippen LogP) is 2.15. The minimum Gasteiger partial charge on any atom is -0.454 e. The van der Waals surface area contributed by atoms with Crippen molar-refractivity contribution in [2.75, 3.05) is 38.3 Å². The van der Waals surface area contributed by atoms with Crippen LogP contribution in [0.25, 0.3) is 0 Å². The molecule has 1 aromatic heterocycles. The Morgan fingerprint density at radius 3 is 2.65 bits per heavy atom. The van der Waals surface area contributed by atoms with Crippen molar-refractivity contribution >= 4 is 22.4 Å². The fraction of sp³-hybridized carbons (Fsp3) is 0.444. The summed E-state index contributed by atoms with van der Waals surface area (Å²) in [6.07, 6.45) is 1.86. The molecule has 8 heteroatoms. The van der Waals surface area contributed by atoms with Crippen molar-refractivity contribution in [1.29, 1.82) is 0 Å². The number of carbonyl (C=O) groups excluding carboxylic acids is 1. The van der Waals surface area contributed by atoms with Crippen LogP contribution in [0.15, 0.2) is 24.4 Å². The number of fused-ring (bicyclic) bond motifs is 1. The number of amides is 1. The van der Waals surface area contributed by atoms with Crippen LogP contribution in [0.2, 0.25) is 0 Å². The van der Waals surface area contributed by atoms with E-state index in [4.69, 9.17) is 9.47 Å². The summed E-state index contributed by atoms with van der Waals surface area (Å²) in [6.45, 7) is 7.75. The highest BCUT2D eigenvalue weighted by Crippen LogP contribution is 2.32. The number of nitrogens with zero attached hydrogens (tertiary/aromatic N) is 3. The third kappa shape index (κ3) is 4.14. The molecule has 2 aromatic rings. The van der Waals surface area contributed by atoms with Gasteiger partial charge in [-0.15, -0.1) is 11.3 Å². The highest BCUT2D eigenvalue weighted by atomic mass is 32.1. The maximum Gasteiger partial charge on any atom is 0.231 e. The number of carbonyl (C=O) groups is 1. The zero-order chi connectivity index (χ0) is 17.9. The smallest absolute Gasteiger partial charge is 0.231 e. The van der Waals surface area contributed by atoms with Gasteiger partial charge in [-0.3, -0.25) is 14.6 Å². The summed E-state index contributed by atoms with van der Waals surface area (Å²) >= 11 is 1.55. The van der Waals surface area contributed by atoms with Gasteiger partial charge in [0.25, 0.3) is 0 Å². The predicted molar refractivity (Wildman–Crippen MR) is 99.5 cm³/mol. The van der Waals surface area contributed by atoms with Gasteiger partial charge in [0.15, 0.2) is 16.6 Å². The van der Waals surface area contributed by atoms with E-state index in [1.807, 2.05) is 12.3 Å². The number of aromatic nitrogens is 1. The van der Waals surface area contributed by atoms with Crippen LogP contribution < -0.4 is 14.8 Å². The molecule has 2 aliphatic rings. The number of benzene rings is 1. The Morgan fingerprint density at radius 1 is 1.15 bits per heavy atom. The second-order valence-electron chi connectivity index (χ2n) is 6.55. The fourth-order valence-corrected chi connectivity index (χ4v) is 4.11. The zero-order valence-corrected chi connectivity index (χ0v) is 15.6. The summed E-state index contributed by atoms with van der Waals surface area (Å²) in [7, 11) is 0. The number of anilines is 1. The van der Waals surface area contributed by atoms with E-state index in [2.05, 4.69) is 32.2 Å². The Hall–Kier alpha value is -2.16. The molecule has 2 aliphatic heterocycles. The third-order valence-corrected chi connectivity index (χ3v) is 5.42. The molecule has 4 rings (SSSR count).